The zero-order chi connectivity index (χ0) is 8.93. The molecule has 3 N–H and O–H groups in total. The summed E-state index contributed by atoms with van der Waals surface area (Å²) in [6, 6.07) is 0.676. The largest absolute Gasteiger partial charge is 0.227 e. The molecule has 1 saturated heterocycles. The molecular formula is C9H20N4. The Morgan fingerprint density at radius 2 is 1.62 bits per heavy atom. The molecule has 4 nitrogen and oxygen atoms in total. The van der Waals surface area contributed by atoms with Crippen LogP contribution in [-0.2, 0) is 0 Å². The smallest absolute Gasteiger partial charge is 0.0750 e. The normalized spacial score (nSPS) is 28.6. The Kier molecular flexibility index (Phi) is 3.55. The number of hydrogen-bond acceptors (Lipinski definition) is 4. The van der Waals surface area contributed by atoms with Gasteiger partial charge in [0.1, 0.15) is 0 Å². The van der Waals surface area contributed by atoms with Gasteiger partial charge in [-0.2, -0.15) is 10.7 Å². The second kappa shape index (κ2) is 4.91. The molecule has 0 aromatic carbocycles. The van der Waals surface area contributed by atoms with Crippen LogP contribution in [0.4, 0.5) is 0 Å². The highest BCUT2D eigenvalue weighted by atomic mass is 15.9. The van der Waals surface area contributed by atoms with Crippen molar-refractivity contribution in [3.05, 3.63) is 0 Å². The minimum atomic E-state index is 0.676. The maximum absolute atomic E-state index is 3.29. The van der Waals surface area contributed by atoms with E-state index in [1.807, 2.05) is 0 Å². The van der Waals surface area contributed by atoms with Crippen LogP contribution in [0.3, 0.4) is 0 Å². The van der Waals surface area contributed by atoms with Gasteiger partial charge < -0.3 is 0 Å². The minimum absolute atomic E-state index is 0.676. The number of rotatable bonds is 1. The van der Waals surface area contributed by atoms with Crippen molar-refractivity contribution in [1.29, 1.82) is 0 Å². The van der Waals surface area contributed by atoms with E-state index in [4.69, 9.17) is 0 Å². The van der Waals surface area contributed by atoms with Crippen molar-refractivity contribution in [1.82, 2.24) is 21.5 Å². The van der Waals surface area contributed by atoms with Gasteiger partial charge in [-0.05, 0) is 12.8 Å². The molecule has 2 aliphatic rings. The Morgan fingerprint density at radius 3 is 2.23 bits per heavy atom. The standard InChI is InChI=1S/C9H20N4/c1-2-4-6-9(7-5-3-1)13-11-8-10-12-13/h9-12H,1-8H2. The van der Waals surface area contributed by atoms with Gasteiger partial charge in [0.05, 0.1) is 6.67 Å². The molecule has 0 bridgehead atoms. The molecule has 1 aliphatic heterocycles. The SMILES string of the molecule is C1CCCC(N2NCNN2)CCC1. The number of hydrogen-bond donors (Lipinski definition) is 3. The summed E-state index contributed by atoms with van der Waals surface area (Å²) in [5.41, 5.74) is 9.50. The van der Waals surface area contributed by atoms with Gasteiger partial charge in [0.15, 0.2) is 0 Å². The molecule has 13 heavy (non-hydrogen) atoms. The van der Waals surface area contributed by atoms with E-state index in [9.17, 15) is 0 Å². The first-order chi connectivity index (χ1) is 6.47. The summed E-state index contributed by atoms with van der Waals surface area (Å²) in [6.45, 7) is 0.844. The van der Waals surface area contributed by atoms with Gasteiger partial charge in [-0.25, -0.2) is 10.9 Å². The van der Waals surface area contributed by atoms with Crippen molar-refractivity contribution in [2.75, 3.05) is 6.67 Å². The molecule has 4 heteroatoms. The van der Waals surface area contributed by atoms with Crippen LogP contribution in [0.5, 0.6) is 0 Å². The van der Waals surface area contributed by atoms with E-state index in [0.29, 0.717) is 6.04 Å². The Labute approximate surface area is 80.0 Å². The topological polar surface area (TPSA) is 39.3 Å². The number of nitrogens with zero attached hydrogens (tertiary/aromatic N) is 1. The summed E-state index contributed by atoms with van der Waals surface area (Å²) in [5.74, 6) is 0. The van der Waals surface area contributed by atoms with Crippen LogP contribution in [-0.4, -0.2) is 17.8 Å². The molecule has 0 spiro atoms. The third kappa shape index (κ3) is 2.64. The minimum Gasteiger partial charge on any atom is -0.227 e. The van der Waals surface area contributed by atoms with E-state index in [1.165, 1.54) is 44.9 Å². The second-order valence-electron chi connectivity index (χ2n) is 3.99. The lowest BCUT2D eigenvalue weighted by molar-refractivity contribution is 0.0844. The molecule has 1 aliphatic carbocycles. The maximum Gasteiger partial charge on any atom is 0.0750 e. The van der Waals surface area contributed by atoms with Crippen molar-refractivity contribution in [2.24, 2.45) is 0 Å². The van der Waals surface area contributed by atoms with Crippen LogP contribution in [0.25, 0.3) is 0 Å². The predicted octanol–water partition coefficient (Wildman–Crippen LogP) is 0.886. The van der Waals surface area contributed by atoms with E-state index < -0.39 is 0 Å². The fraction of sp³-hybridized carbons (Fsp3) is 1.00. The third-order valence-electron chi connectivity index (χ3n) is 2.98. The Morgan fingerprint density at radius 1 is 0.923 bits per heavy atom. The maximum atomic E-state index is 3.29. The van der Waals surface area contributed by atoms with Gasteiger partial charge in [0.25, 0.3) is 0 Å². The quantitative estimate of drug-likeness (QED) is 0.566. The van der Waals surface area contributed by atoms with Crippen LogP contribution in [0.15, 0.2) is 0 Å². The van der Waals surface area contributed by atoms with Gasteiger partial charge >= 0.3 is 0 Å². The highest BCUT2D eigenvalue weighted by molar-refractivity contribution is 4.70. The van der Waals surface area contributed by atoms with E-state index in [1.54, 1.807) is 0 Å². The lowest BCUT2D eigenvalue weighted by atomic mass is 9.97. The van der Waals surface area contributed by atoms with E-state index in [2.05, 4.69) is 21.5 Å². The average molecular weight is 184 g/mol. The van der Waals surface area contributed by atoms with Crippen molar-refractivity contribution in [3.63, 3.8) is 0 Å². The molecule has 76 valence electrons. The summed E-state index contributed by atoms with van der Waals surface area (Å²) in [4.78, 5) is 0. The lowest BCUT2D eigenvalue weighted by Gasteiger charge is -2.27. The van der Waals surface area contributed by atoms with Gasteiger partial charge in [0.2, 0.25) is 0 Å². The van der Waals surface area contributed by atoms with Crippen LogP contribution in [0, 0.1) is 0 Å². The Balaban J connectivity index is 1.80. The first-order valence-corrected chi connectivity index (χ1v) is 5.48. The monoisotopic (exact) mass is 184 g/mol. The summed E-state index contributed by atoms with van der Waals surface area (Å²) in [6.07, 6.45) is 9.67. The summed E-state index contributed by atoms with van der Waals surface area (Å²) in [7, 11) is 0. The third-order valence-corrected chi connectivity index (χ3v) is 2.98. The van der Waals surface area contributed by atoms with Crippen LogP contribution in [0.2, 0.25) is 0 Å². The van der Waals surface area contributed by atoms with Gasteiger partial charge in [-0.3, -0.25) is 0 Å². The summed E-state index contributed by atoms with van der Waals surface area (Å²) >= 11 is 0. The van der Waals surface area contributed by atoms with E-state index in [-0.39, 0.29) is 0 Å². The zero-order valence-corrected chi connectivity index (χ0v) is 8.18. The molecule has 2 rings (SSSR count). The van der Waals surface area contributed by atoms with Gasteiger partial charge in [0, 0.05) is 6.04 Å². The van der Waals surface area contributed by atoms with Gasteiger partial charge in [-0.1, -0.05) is 32.1 Å². The average Bonchev–Trinajstić information content (AvgIpc) is 2.55. The molecule has 1 heterocycles. The zero-order valence-electron chi connectivity index (χ0n) is 8.18. The second-order valence-corrected chi connectivity index (χ2v) is 3.99. The van der Waals surface area contributed by atoms with Crippen LogP contribution >= 0.6 is 0 Å². The molecular weight excluding hydrogens is 164 g/mol. The molecule has 1 saturated carbocycles. The molecule has 0 amide bonds. The summed E-state index contributed by atoms with van der Waals surface area (Å²) in [5, 5.41) is 2.14. The summed E-state index contributed by atoms with van der Waals surface area (Å²) < 4.78 is 0. The molecule has 0 unspecified atom stereocenters. The lowest BCUT2D eigenvalue weighted by Crippen LogP contribution is -2.48. The predicted molar refractivity (Wildman–Crippen MR) is 52.2 cm³/mol. The first-order valence-electron chi connectivity index (χ1n) is 5.48. The van der Waals surface area contributed by atoms with Crippen molar-refractivity contribution < 1.29 is 0 Å². The fourth-order valence-electron chi connectivity index (χ4n) is 2.20. The Bertz CT molecular complexity index is 137. The van der Waals surface area contributed by atoms with Crippen LogP contribution < -0.4 is 16.4 Å². The molecule has 0 atom stereocenters. The molecule has 0 aromatic rings. The molecule has 2 fully saturated rings. The Hall–Kier alpha value is -0.160. The highest BCUT2D eigenvalue weighted by Crippen LogP contribution is 2.19. The molecule has 0 aromatic heterocycles. The number of hydrazine groups is 3. The van der Waals surface area contributed by atoms with Crippen molar-refractivity contribution in [2.45, 2.75) is 51.0 Å². The van der Waals surface area contributed by atoms with E-state index in [0.717, 1.165) is 6.67 Å². The van der Waals surface area contributed by atoms with Crippen molar-refractivity contribution in [3.8, 4) is 0 Å². The van der Waals surface area contributed by atoms with Gasteiger partial charge in [-0.15, -0.1) is 0 Å². The molecule has 0 radical (unpaired) electrons. The van der Waals surface area contributed by atoms with Crippen molar-refractivity contribution >= 4 is 0 Å². The van der Waals surface area contributed by atoms with Crippen LogP contribution in [0.1, 0.15) is 44.9 Å². The number of nitrogens with one attached hydrogen (secondary N) is 3. The van der Waals surface area contributed by atoms with E-state index >= 15 is 0 Å². The highest BCUT2D eigenvalue weighted by Gasteiger charge is 2.21. The first kappa shape index (κ1) is 9.40. The fourth-order valence-corrected chi connectivity index (χ4v) is 2.20.